The largest absolute Gasteiger partial charge is 0.388 e. The molecule has 0 radical (unpaired) electrons. The molecule has 0 bridgehead atoms. The Labute approximate surface area is 107 Å². The summed E-state index contributed by atoms with van der Waals surface area (Å²) in [5.74, 6) is 0. The Morgan fingerprint density at radius 1 is 1.50 bits per heavy atom. The van der Waals surface area contributed by atoms with E-state index in [4.69, 9.17) is 0 Å². The average Bonchev–Trinajstić information content (AvgIpc) is 2.74. The predicted octanol–water partition coefficient (Wildman–Crippen LogP) is 3.49. The zero-order valence-corrected chi connectivity index (χ0v) is 11.3. The second-order valence-corrected chi connectivity index (χ2v) is 5.50. The molecular weight excluding hydrogens is 286 g/mol. The minimum atomic E-state index is -0.500. The van der Waals surface area contributed by atoms with Crippen LogP contribution in [0.1, 0.15) is 22.2 Å². The van der Waals surface area contributed by atoms with Crippen LogP contribution in [0.3, 0.4) is 0 Å². The molecule has 0 aliphatic carbocycles. The zero-order chi connectivity index (χ0) is 11.5. The van der Waals surface area contributed by atoms with Gasteiger partial charge in [0.15, 0.2) is 0 Å². The van der Waals surface area contributed by atoms with Crippen molar-refractivity contribution in [3.63, 3.8) is 0 Å². The summed E-state index contributed by atoms with van der Waals surface area (Å²) in [6.07, 6.45) is 1.83. The quantitative estimate of drug-likeness (QED) is 0.941. The number of thiazole rings is 1. The van der Waals surface area contributed by atoms with Crippen molar-refractivity contribution in [3.8, 4) is 0 Å². The van der Waals surface area contributed by atoms with Gasteiger partial charge in [-0.2, -0.15) is 0 Å². The average molecular weight is 298 g/mol. The summed E-state index contributed by atoms with van der Waals surface area (Å²) < 4.78 is 0.946. The first-order valence-electron chi connectivity index (χ1n) is 4.99. The number of aliphatic hydroxyl groups is 1. The number of nitrogens with zero attached hydrogens (tertiary/aromatic N) is 1. The zero-order valence-electron chi connectivity index (χ0n) is 8.85. The standard InChI is InChI=1S/C12H12BrNOS/c1-8-2-3-10(13)9(6-8)11(15)7-12-14-4-5-16-12/h2-6,11,15H,7H2,1H3. The van der Waals surface area contributed by atoms with E-state index in [1.54, 1.807) is 17.5 Å². The fraction of sp³-hybridized carbons (Fsp3) is 0.250. The van der Waals surface area contributed by atoms with Gasteiger partial charge >= 0.3 is 0 Å². The highest BCUT2D eigenvalue weighted by Crippen LogP contribution is 2.27. The highest BCUT2D eigenvalue weighted by molar-refractivity contribution is 9.10. The van der Waals surface area contributed by atoms with Crippen molar-refractivity contribution in [2.24, 2.45) is 0 Å². The normalized spacial score (nSPS) is 12.7. The van der Waals surface area contributed by atoms with E-state index in [0.29, 0.717) is 6.42 Å². The summed E-state index contributed by atoms with van der Waals surface area (Å²) in [5, 5.41) is 13.0. The number of aromatic nitrogens is 1. The summed E-state index contributed by atoms with van der Waals surface area (Å²) >= 11 is 5.03. The number of aliphatic hydroxyl groups excluding tert-OH is 1. The van der Waals surface area contributed by atoms with E-state index in [2.05, 4.69) is 20.9 Å². The fourth-order valence-corrected chi connectivity index (χ4v) is 2.71. The topological polar surface area (TPSA) is 33.1 Å². The van der Waals surface area contributed by atoms with E-state index in [9.17, 15) is 5.11 Å². The Balaban J connectivity index is 2.20. The Morgan fingerprint density at radius 3 is 3.00 bits per heavy atom. The third kappa shape index (κ3) is 2.70. The molecule has 0 saturated carbocycles. The summed E-state index contributed by atoms with van der Waals surface area (Å²) in [7, 11) is 0. The highest BCUT2D eigenvalue weighted by Gasteiger charge is 2.13. The van der Waals surface area contributed by atoms with Gasteiger partial charge in [-0.15, -0.1) is 11.3 Å². The summed E-state index contributed by atoms with van der Waals surface area (Å²) in [6, 6.07) is 5.99. The van der Waals surface area contributed by atoms with E-state index in [1.807, 2.05) is 30.5 Å². The van der Waals surface area contributed by atoms with Gasteiger partial charge in [-0.25, -0.2) is 4.98 Å². The lowest BCUT2D eigenvalue weighted by molar-refractivity contribution is 0.177. The van der Waals surface area contributed by atoms with Gasteiger partial charge < -0.3 is 5.11 Å². The van der Waals surface area contributed by atoms with Crippen molar-refractivity contribution in [2.45, 2.75) is 19.4 Å². The number of hydrogen-bond acceptors (Lipinski definition) is 3. The van der Waals surface area contributed by atoms with Gasteiger partial charge in [-0.3, -0.25) is 0 Å². The van der Waals surface area contributed by atoms with E-state index in [0.717, 1.165) is 20.6 Å². The maximum Gasteiger partial charge on any atom is 0.0954 e. The van der Waals surface area contributed by atoms with Gasteiger partial charge in [0, 0.05) is 22.5 Å². The molecule has 2 rings (SSSR count). The lowest BCUT2D eigenvalue weighted by Gasteiger charge is -2.12. The van der Waals surface area contributed by atoms with Crippen molar-refractivity contribution in [3.05, 3.63) is 50.4 Å². The van der Waals surface area contributed by atoms with Crippen molar-refractivity contribution < 1.29 is 5.11 Å². The molecule has 2 nitrogen and oxygen atoms in total. The Hall–Kier alpha value is -0.710. The van der Waals surface area contributed by atoms with Crippen LogP contribution in [0, 0.1) is 6.92 Å². The molecule has 2 aromatic rings. The molecule has 16 heavy (non-hydrogen) atoms. The van der Waals surface area contributed by atoms with Crippen molar-refractivity contribution in [2.75, 3.05) is 0 Å². The van der Waals surface area contributed by atoms with Crippen LogP contribution in [-0.4, -0.2) is 10.1 Å². The van der Waals surface area contributed by atoms with Crippen molar-refractivity contribution in [1.82, 2.24) is 4.98 Å². The summed E-state index contributed by atoms with van der Waals surface area (Å²) in [4.78, 5) is 4.18. The molecule has 0 spiro atoms. The number of aryl methyl sites for hydroxylation is 1. The molecule has 0 amide bonds. The molecule has 0 saturated heterocycles. The first-order chi connectivity index (χ1) is 7.66. The lowest BCUT2D eigenvalue weighted by Crippen LogP contribution is -2.02. The molecular formula is C12H12BrNOS. The van der Waals surface area contributed by atoms with E-state index in [-0.39, 0.29) is 0 Å². The van der Waals surface area contributed by atoms with Gasteiger partial charge in [0.25, 0.3) is 0 Å². The number of benzene rings is 1. The Bertz CT molecular complexity index is 470. The molecule has 0 aliphatic heterocycles. The maximum atomic E-state index is 10.1. The number of rotatable bonds is 3. The van der Waals surface area contributed by atoms with Gasteiger partial charge in [-0.1, -0.05) is 33.6 Å². The molecule has 0 fully saturated rings. The van der Waals surface area contributed by atoms with E-state index in [1.165, 1.54) is 0 Å². The number of hydrogen-bond donors (Lipinski definition) is 1. The Kier molecular flexibility index (Phi) is 3.74. The van der Waals surface area contributed by atoms with Crippen LogP contribution in [0.25, 0.3) is 0 Å². The van der Waals surface area contributed by atoms with Crippen LogP contribution < -0.4 is 0 Å². The van der Waals surface area contributed by atoms with Crippen LogP contribution in [0.2, 0.25) is 0 Å². The first kappa shape index (κ1) is 11.8. The molecule has 0 aliphatic rings. The van der Waals surface area contributed by atoms with Gasteiger partial charge in [0.1, 0.15) is 0 Å². The molecule has 1 atom stereocenters. The third-order valence-corrected chi connectivity index (χ3v) is 3.89. The minimum absolute atomic E-state index is 0.500. The monoisotopic (exact) mass is 297 g/mol. The third-order valence-electron chi connectivity index (χ3n) is 2.36. The van der Waals surface area contributed by atoms with Crippen LogP contribution in [0.15, 0.2) is 34.2 Å². The second kappa shape index (κ2) is 5.08. The molecule has 1 N–H and O–H groups in total. The molecule has 4 heteroatoms. The predicted molar refractivity (Wildman–Crippen MR) is 69.7 cm³/mol. The molecule has 1 heterocycles. The smallest absolute Gasteiger partial charge is 0.0954 e. The second-order valence-electron chi connectivity index (χ2n) is 3.67. The van der Waals surface area contributed by atoms with Gasteiger partial charge in [-0.05, 0) is 18.6 Å². The van der Waals surface area contributed by atoms with Crippen LogP contribution in [0.4, 0.5) is 0 Å². The number of halogens is 1. The molecule has 1 aromatic carbocycles. The lowest BCUT2D eigenvalue weighted by atomic mass is 10.0. The van der Waals surface area contributed by atoms with Crippen LogP contribution >= 0.6 is 27.3 Å². The summed E-state index contributed by atoms with van der Waals surface area (Å²) in [5.41, 5.74) is 2.08. The Morgan fingerprint density at radius 2 is 2.31 bits per heavy atom. The maximum absolute atomic E-state index is 10.1. The van der Waals surface area contributed by atoms with Gasteiger partial charge in [0.05, 0.1) is 11.1 Å². The fourth-order valence-electron chi connectivity index (χ4n) is 1.55. The van der Waals surface area contributed by atoms with Crippen molar-refractivity contribution in [1.29, 1.82) is 0 Å². The van der Waals surface area contributed by atoms with Gasteiger partial charge in [0.2, 0.25) is 0 Å². The highest BCUT2D eigenvalue weighted by atomic mass is 79.9. The summed E-state index contributed by atoms with van der Waals surface area (Å²) in [6.45, 7) is 2.02. The van der Waals surface area contributed by atoms with Crippen LogP contribution in [0.5, 0.6) is 0 Å². The van der Waals surface area contributed by atoms with E-state index < -0.39 is 6.10 Å². The molecule has 84 valence electrons. The molecule has 1 unspecified atom stereocenters. The SMILES string of the molecule is Cc1ccc(Br)c(C(O)Cc2nccs2)c1. The van der Waals surface area contributed by atoms with Crippen molar-refractivity contribution >= 4 is 27.3 Å². The molecule has 1 aromatic heterocycles. The van der Waals surface area contributed by atoms with Crippen LogP contribution in [-0.2, 0) is 6.42 Å². The van der Waals surface area contributed by atoms with E-state index >= 15 is 0 Å². The minimum Gasteiger partial charge on any atom is -0.388 e. The first-order valence-corrected chi connectivity index (χ1v) is 6.66.